The minimum absolute atomic E-state index is 0.145. The van der Waals surface area contributed by atoms with Crippen LogP contribution in [-0.2, 0) is 0 Å². The molecule has 0 saturated carbocycles. The van der Waals surface area contributed by atoms with Crippen molar-refractivity contribution in [3.8, 4) is 28.7 Å². The lowest BCUT2D eigenvalue weighted by molar-refractivity contribution is 0.0809. The molecule has 4 aliphatic rings. The monoisotopic (exact) mass is 739 g/mol. The quantitative estimate of drug-likeness (QED) is 0.148. The first-order valence-electron chi connectivity index (χ1n) is 18.1. The number of nitrogens with zero attached hydrogens (tertiary/aromatic N) is 4. The number of fused-ring (bicyclic) bond motifs is 4. The number of hydrogen-bond donors (Lipinski definition) is 1. The van der Waals surface area contributed by atoms with E-state index in [9.17, 15) is 9.59 Å². The van der Waals surface area contributed by atoms with Crippen molar-refractivity contribution in [2.45, 2.75) is 31.3 Å². The molecular formula is C43H41N5O7. The minimum atomic E-state index is -0.202. The van der Waals surface area contributed by atoms with Gasteiger partial charge in [-0.05, 0) is 58.7 Å². The van der Waals surface area contributed by atoms with Crippen LogP contribution in [0.2, 0.25) is 0 Å². The average Bonchev–Trinajstić information content (AvgIpc) is 3.80. The number of carbonyl (C=O) groups excluding carboxylic acids is 2. The molecule has 4 aliphatic heterocycles. The van der Waals surface area contributed by atoms with Crippen LogP contribution < -0.4 is 29.0 Å². The number of carbonyl (C=O) groups is 2. The second kappa shape index (κ2) is 15.1. The summed E-state index contributed by atoms with van der Waals surface area (Å²) in [6.45, 7) is 0.617. The Morgan fingerprint density at radius 2 is 1.11 bits per heavy atom. The molecule has 12 heteroatoms. The predicted molar refractivity (Wildman–Crippen MR) is 212 cm³/mol. The summed E-state index contributed by atoms with van der Waals surface area (Å²) in [6, 6.07) is 22.4. The van der Waals surface area contributed by atoms with E-state index in [2.05, 4.69) is 17.4 Å². The van der Waals surface area contributed by atoms with E-state index in [1.54, 1.807) is 55.4 Å². The maximum absolute atomic E-state index is 13.8. The van der Waals surface area contributed by atoms with E-state index in [-0.39, 0.29) is 23.9 Å². The lowest BCUT2D eigenvalue weighted by Crippen LogP contribution is -2.32. The number of methoxy groups -OCH3 is 3. The van der Waals surface area contributed by atoms with Gasteiger partial charge in [0.1, 0.15) is 5.75 Å². The molecular weight excluding hydrogens is 699 g/mol. The Kier molecular flexibility index (Phi) is 9.71. The fraction of sp³-hybridized carbons (Fsp3) is 0.256. The van der Waals surface area contributed by atoms with Gasteiger partial charge in [-0.25, -0.2) is 0 Å². The molecule has 2 atom stereocenters. The summed E-state index contributed by atoms with van der Waals surface area (Å²) in [5, 5.41) is 3.13. The van der Waals surface area contributed by atoms with Crippen LogP contribution in [0.4, 0.5) is 17.1 Å². The molecule has 1 N–H and O–H groups in total. The summed E-state index contributed by atoms with van der Waals surface area (Å²) < 4.78 is 28.8. The molecule has 12 nitrogen and oxygen atoms in total. The Hall–Kier alpha value is -6.56. The molecule has 0 radical (unpaired) electrons. The van der Waals surface area contributed by atoms with Crippen molar-refractivity contribution >= 4 is 52.5 Å². The Labute approximate surface area is 319 Å². The molecule has 0 aromatic heterocycles. The Bertz CT molecular complexity index is 2100. The van der Waals surface area contributed by atoms with Gasteiger partial charge in [-0.2, -0.15) is 0 Å². The summed E-state index contributed by atoms with van der Waals surface area (Å²) in [6.07, 6.45) is 9.30. The summed E-state index contributed by atoms with van der Waals surface area (Å²) >= 11 is 0. The number of rotatable bonds is 12. The second-order valence-corrected chi connectivity index (χ2v) is 13.5. The van der Waals surface area contributed by atoms with Gasteiger partial charge >= 0.3 is 0 Å². The predicted octanol–water partition coefficient (Wildman–Crippen LogP) is 7.55. The van der Waals surface area contributed by atoms with Crippen molar-refractivity contribution in [3.05, 3.63) is 107 Å². The number of amides is 2. The van der Waals surface area contributed by atoms with Crippen molar-refractivity contribution in [1.82, 2.24) is 9.80 Å². The fourth-order valence-corrected chi connectivity index (χ4v) is 7.22. The van der Waals surface area contributed by atoms with Gasteiger partial charge in [0.05, 0.1) is 69.1 Å². The van der Waals surface area contributed by atoms with Gasteiger partial charge in [0.15, 0.2) is 23.0 Å². The highest BCUT2D eigenvalue weighted by atomic mass is 16.5. The summed E-state index contributed by atoms with van der Waals surface area (Å²) in [4.78, 5) is 40.4. The molecule has 0 spiro atoms. The maximum Gasteiger partial charge on any atom is 0.260 e. The molecule has 0 fully saturated rings. The highest BCUT2D eigenvalue weighted by molar-refractivity contribution is 6.06. The third-order valence-electron chi connectivity index (χ3n) is 10.2. The van der Waals surface area contributed by atoms with Crippen molar-refractivity contribution in [2.75, 3.05) is 46.9 Å². The first kappa shape index (κ1) is 35.5. The molecule has 2 amide bonds. The number of nitrogens with one attached hydrogen (secondary N) is 1. The van der Waals surface area contributed by atoms with Crippen LogP contribution in [0.5, 0.6) is 28.7 Å². The lowest BCUT2D eigenvalue weighted by atomic mass is 10.0. The number of ether oxygens (including phenoxy) is 5. The molecule has 1 unspecified atom stereocenters. The fourth-order valence-electron chi connectivity index (χ4n) is 7.22. The number of aliphatic imine (C=N–C) groups is 2. The van der Waals surface area contributed by atoms with E-state index in [0.717, 1.165) is 33.7 Å². The molecule has 280 valence electrons. The van der Waals surface area contributed by atoms with E-state index in [1.165, 1.54) is 0 Å². The lowest BCUT2D eigenvalue weighted by Gasteiger charge is -2.19. The summed E-state index contributed by atoms with van der Waals surface area (Å²) in [5.74, 6) is 2.31. The third-order valence-corrected chi connectivity index (χ3v) is 10.2. The highest BCUT2D eigenvalue weighted by Gasteiger charge is 2.35. The van der Waals surface area contributed by atoms with E-state index in [4.69, 9.17) is 33.7 Å². The number of anilines is 1. The molecule has 8 rings (SSSR count). The van der Waals surface area contributed by atoms with Crippen LogP contribution in [0.15, 0.2) is 95.2 Å². The molecule has 0 saturated heterocycles. The number of hydrogen-bond acceptors (Lipinski definition) is 10. The highest BCUT2D eigenvalue weighted by Crippen LogP contribution is 2.42. The van der Waals surface area contributed by atoms with Crippen molar-refractivity contribution < 1.29 is 33.3 Å². The van der Waals surface area contributed by atoms with E-state index < -0.39 is 0 Å². The topological polar surface area (TPSA) is 124 Å². The van der Waals surface area contributed by atoms with Gasteiger partial charge in [0.2, 0.25) is 0 Å². The maximum atomic E-state index is 13.8. The standard InChI is InChI=1S/C43H41N5O7/c1-44-30-10-6-26(7-11-30)28-16-31-22-45-36-20-40(38(52-3)18-34(36)42(49)47(31)24-28)54-14-5-15-55-41-21-37-35(19-39(41)53-4)43(50)48-25-29(17-32(48)23-46-37)27-8-12-33(51-2)13-9-27/h6-13,18-25,31-32,44H,5,14-17H2,1-4H3/t31-,32?/m0/s1. The van der Waals surface area contributed by atoms with Crippen molar-refractivity contribution in [1.29, 1.82) is 0 Å². The van der Waals surface area contributed by atoms with Gasteiger partial charge in [-0.3, -0.25) is 19.6 Å². The first-order chi connectivity index (χ1) is 26.9. The average molecular weight is 740 g/mol. The molecule has 4 aromatic carbocycles. The molecule has 4 heterocycles. The summed E-state index contributed by atoms with van der Waals surface area (Å²) in [5.41, 5.74) is 7.18. The SMILES string of the molecule is CNc1ccc(C2=CN3C(=O)c4cc(OC)c(OCCCOc5cc6c(cc5OC)C(=O)N5C=C(c7ccc(OC)cc7)CC5C=N6)cc4N=C[C@@H]3C2)cc1. The molecule has 0 aliphatic carbocycles. The smallest absolute Gasteiger partial charge is 0.260 e. The van der Waals surface area contributed by atoms with Crippen LogP contribution in [0.1, 0.15) is 51.1 Å². The zero-order valence-corrected chi connectivity index (χ0v) is 31.1. The van der Waals surface area contributed by atoms with Gasteiger partial charge in [0.25, 0.3) is 11.8 Å². The van der Waals surface area contributed by atoms with Crippen LogP contribution >= 0.6 is 0 Å². The normalized spacial score (nSPS) is 18.0. The minimum Gasteiger partial charge on any atom is -0.497 e. The van der Waals surface area contributed by atoms with E-state index in [1.807, 2.05) is 68.3 Å². The molecule has 4 aromatic rings. The Balaban J connectivity index is 0.906. The third kappa shape index (κ3) is 6.87. The Morgan fingerprint density at radius 3 is 1.55 bits per heavy atom. The van der Waals surface area contributed by atoms with Crippen LogP contribution in [0.25, 0.3) is 11.1 Å². The van der Waals surface area contributed by atoms with Crippen LogP contribution in [-0.4, -0.2) is 87.7 Å². The summed E-state index contributed by atoms with van der Waals surface area (Å²) in [7, 11) is 6.61. The Morgan fingerprint density at radius 1 is 0.636 bits per heavy atom. The van der Waals surface area contributed by atoms with Crippen LogP contribution in [0.3, 0.4) is 0 Å². The number of benzene rings is 4. The van der Waals surface area contributed by atoms with Gasteiger partial charge in [-0.15, -0.1) is 0 Å². The second-order valence-electron chi connectivity index (χ2n) is 13.5. The molecule has 0 bridgehead atoms. The van der Waals surface area contributed by atoms with Crippen molar-refractivity contribution in [3.63, 3.8) is 0 Å². The van der Waals surface area contributed by atoms with Crippen molar-refractivity contribution in [2.24, 2.45) is 9.98 Å². The first-order valence-corrected chi connectivity index (χ1v) is 18.1. The zero-order valence-electron chi connectivity index (χ0n) is 31.1. The van der Waals surface area contributed by atoms with E-state index >= 15 is 0 Å². The molecule has 55 heavy (non-hydrogen) atoms. The largest absolute Gasteiger partial charge is 0.497 e. The van der Waals surface area contributed by atoms with Gasteiger partial charge < -0.3 is 38.8 Å². The van der Waals surface area contributed by atoms with Gasteiger partial charge in [0, 0.05) is 69.0 Å². The van der Waals surface area contributed by atoms with Gasteiger partial charge in [-0.1, -0.05) is 24.3 Å². The van der Waals surface area contributed by atoms with E-state index in [0.29, 0.717) is 78.0 Å². The zero-order chi connectivity index (χ0) is 38.1. The van der Waals surface area contributed by atoms with Crippen LogP contribution in [0, 0.1) is 0 Å².